The van der Waals surface area contributed by atoms with Gasteiger partial charge in [0.25, 0.3) is 0 Å². The Labute approximate surface area is 75.0 Å². The highest BCUT2D eigenvalue weighted by molar-refractivity contribution is 4.81. The van der Waals surface area contributed by atoms with Crippen molar-refractivity contribution in [2.75, 3.05) is 6.61 Å². The molecule has 0 spiro atoms. The van der Waals surface area contributed by atoms with Crippen molar-refractivity contribution in [1.82, 2.24) is 0 Å². The fraction of sp³-hybridized carbons (Fsp3) is 1.00. The molecule has 0 aliphatic rings. The highest BCUT2D eigenvalue weighted by atomic mass is 19.1. The number of hydrogen-bond donors (Lipinski definition) is 1. The molecule has 0 saturated heterocycles. The zero-order valence-electron chi connectivity index (χ0n) is 8.44. The number of hydrogen-bond acceptors (Lipinski definition) is 1. The monoisotopic (exact) mass is 176 g/mol. The standard InChI is InChI=1S/C10H21FO/c1-4-6-9(7-5-2)10(3,11)8-12/h9,12H,4-8H2,1-3H3. The fourth-order valence-corrected chi connectivity index (χ4v) is 1.57. The molecule has 0 saturated carbocycles. The number of alkyl halides is 1. The largest absolute Gasteiger partial charge is 0.393 e. The molecule has 0 amide bonds. The van der Waals surface area contributed by atoms with E-state index in [1.807, 2.05) is 0 Å². The second-order valence-corrected chi connectivity index (χ2v) is 3.71. The molecule has 2 heteroatoms. The van der Waals surface area contributed by atoms with Crippen molar-refractivity contribution in [3.8, 4) is 0 Å². The van der Waals surface area contributed by atoms with Crippen molar-refractivity contribution < 1.29 is 9.50 Å². The van der Waals surface area contributed by atoms with Gasteiger partial charge in [-0.25, -0.2) is 4.39 Å². The first-order valence-corrected chi connectivity index (χ1v) is 4.88. The molecular weight excluding hydrogens is 155 g/mol. The highest BCUT2D eigenvalue weighted by Crippen LogP contribution is 2.29. The molecule has 0 aromatic rings. The van der Waals surface area contributed by atoms with Crippen LogP contribution in [0.5, 0.6) is 0 Å². The molecule has 1 N–H and O–H groups in total. The van der Waals surface area contributed by atoms with E-state index >= 15 is 0 Å². The molecule has 1 unspecified atom stereocenters. The van der Waals surface area contributed by atoms with Crippen LogP contribution in [0.3, 0.4) is 0 Å². The van der Waals surface area contributed by atoms with Crippen molar-refractivity contribution in [3.63, 3.8) is 0 Å². The van der Waals surface area contributed by atoms with Crippen LogP contribution in [0.4, 0.5) is 4.39 Å². The molecule has 1 atom stereocenters. The Morgan fingerprint density at radius 1 is 1.25 bits per heavy atom. The predicted octanol–water partition coefficient (Wildman–Crippen LogP) is 2.92. The van der Waals surface area contributed by atoms with Crippen LogP contribution in [-0.2, 0) is 0 Å². The Hall–Kier alpha value is -0.110. The minimum absolute atomic E-state index is 0.0255. The lowest BCUT2D eigenvalue weighted by Crippen LogP contribution is -2.33. The van der Waals surface area contributed by atoms with E-state index in [-0.39, 0.29) is 12.5 Å². The van der Waals surface area contributed by atoms with Gasteiger partial charge >= 0.3 is 0 Å². The summed E-state index contributed by atoms with van der Waals surface area (Å²) in [6, 6.07) is 0. The van der Waals surface area contributed by atoms with Gasteiger partial charge in [-0.05, 0) is 25.7 Å². The first-order chi connectivity index (χ1) is 5.58. The Morgan fingerprint density at radius 2 is 1.67 bits per heavy atom. The van der Waals surface area contributed by atoms with Crippen molar-refractivity contribution in [1.29, 1.82) is 0 Å². The molecule has 0 fully saturated rings. The average Bonchev–Trinajstić information content (AvgIpc) is 2.04. The van der Waals surface area contributed by atoms with E-state index in [9.17, 15) is 4.39 Å². The molecular formula is C10H21FO. The zero-order chi connectivity index (χ0) is 9.61. The number of aliphatic hydroxyl groups is 1. The van der Waals surface area contributed by atoms with Crippen LogP contribution in [-0.4, -0.2) is 17.4 Å². The lowest BCUT2D eigenvalue weighted by atomic mass is 9.84. The second-order valence-electron chi connectivity index (χ2n) is 3.71. The van der Waals surface area contributed by atoms with E-state index in [4.69, 9.17) is 5.11 Å². The maximum atomic E-state index is 13.6. The summed E-state index contributed by atoms with van der Waals surface area (Å²) in [5.41, 5.74) is -1.38. The third-order valence-corrected chi connectivity index (χ3v) is 2.43. The minimum Gasteiger partial charge on any atom is -0.393 e. The Morgan fingerprint density at radius 3 is 1.92 bits per heavy atom. The van der Waals surface area contributed by atoms with E-state index in [1.165, 1.54) is 6.92 Å². The van der Waals surface area contributed by atoms with Crippen LogP contribution < -0.4 is 0 Å². The number of aliphatic hydroxyl groups excluding tert-OH is 1. The topological polar surface area (TPSA) is 20.2 Å². The summed E-state index contributed by atoms with van der Waals surface area (Å²) in [5.74, 6) is 0.0255. The van der Waals surface area contributed by atoms with Crippen LogP contribution in [0, 0.1) is 5.92 Å². The van der Waals surface area contributed by atoms with E-state index in [0.29, 0.717) is 0 Å². The fourth-order valence-electron chi connectivity index (χ4n) is 1.57. The summed E-state index contributed by atoms with van der Waals surface area (Å²) in [7, 11) is 0. The summed E-state index contributed by atoms with van der Waals surface area (Å²) in [6.07, 6.45) is 3.73. The molecule has 0 bridgehead atoms. The summed E-state index contributed by atoms with van der Waals surface area (Å²) < 4.78 is 13.6. The van der Waals surface area contributed by atoms with Crippen molar-refractivity contribution in [2.45, 2.75) is 52.1 Å². The molecule has 12 heavy (non-hydrogen) atoms. The SMILES string of the molecule is CCCC(CCC)C(C)(F)CO. The average molecular weight is 176 g/mol. The Balaban J connectivity index is 4.07. The molecule has 1 nitrogen and oxygen atoms in total. The molecule has 74 valence electrons. The summed E-state index contributed by atoms with van der Waals surface area (Å²) in [4.78, 5) is 0. The van der Waals surface area contributed by atoms with Crippen LogP contribution in [0.15, 0.2) is 0 Å². The maximum Gasteiger partial charge on any atom is 0.133 e. The van der Waals surface area contributed by atoms with Gasteiger partial charge in [0, 0.05) is 0 Å². The summed E-state index contributed by atoms with van der Waals surface area (Å²) in [6.45, 7) is 5.26. The summed E-state index contributed by atoms with van der Waals surface area (Å²) >= 11 is 0. The quantitative estimate of drug-likeness (QED) is 0.659. The molecule has 0 aliphatic carbocycles. The van der Waals surface area contributed by atoms with Gasteiger partial charge in [-0.2, -0.15) is 0 Å². The van der Waals surface area contributed by atoms with Gasteiger partial charge in [0.15, 0.2) is 0 Å². The third kappa shape index (κ3) is 3.53. The normalized spacial score (nSPS) is 16.5. The van der Waals surface area contributed by atoms with Crippen molar-refractivity contribution in [2.24, 2.45) is 5.92 Å². The van der Waals surface area contributed by atoms with Crippen LogP contribution >= 0.6 is 0 Å². The Kier molecular flexibility index (Phi) is 5.47. The maximum absolute atomic E-state index is 13.6. The molecule has 0 radical (unpaired) electrons. The molecule has 0 rings (SSSR count). The Bertz CT molecular complexity index is 106. The third-order valence-electron chi connectivity index (χ3n) is 2.43. The van der Waals surface area contributed by atoms with Gasteiger partial charge in [0.2, 0.25) is 0 Å². The first kappa shape index (κ1) is 11.9. The number of halogens is 1. The van der Waals surface area contributed by atoms with Gasteiger partial charge in [-0.1, -0.05) is 26.7 Å². The van der Waals surface area contributed by atoms with E-state index < -0.39 is 5.67 Å². The minimum atomic E-state index is -1.38. The lowest BCUT2D eigenvalue weighted by molar-refractivity contribution is 0.0236. The van der Waals surface area contributed by atoms with E-state index in [2.05, 4.69) is 13.8 Å². The lowest BCUT2D eigenvalue weighted by Gasteiger charge is -2.28. The van der Waals surface area contributed by atoms with Crippen LogP contribution in [0.2, 0.25) is 0 Å². The van der Waals surface area contributed by atoms with E-state index in [0.717, 1.165) is 25.7 Å². The molecule has 0 aliphatic heterocycles. The summed E-state index contributed by atoms with van der Waals surface area (Å²) in [5, 5.41) is 8.84. The van der Waals surface area contributed by atoms with Crippen molar-refractivity contribution in [3.05, 3.63) is 0 Å². The van der Waals surface area contributed by atoms with Gasteiger partial charge in [-0.3, -0.25) is 0 Å². The van der Waals surface area contributed by atoms with E-state index in [1.54, 1.807) is 0 Å². The van der Waals surface area contributed by atoms with Gasteiger partial charge in [-0.15, -0.1) is 0 Å². The highest BCUT2D eigenvalue weighted by Gasteiger charge is 2.31. The molecule has 0 aromatic carbocycles. The second kappa shape index (κ2) is 5.52. The first-order valence-electron chi connectivity index (χ1n) is 4.88. The molecule has 0 aromatic heterocycles. The van der Waals surface area contributed by atoms with Crippen molar-refractivity contribution >= 4 is 0 Å². The smallest absolute Gasteiger partial charge is 0.133 e. The van der Waals surface area contributed by atoms with Gasteiger partial charge in [0.1, 0.15) is 5.67 Å². The zero-order valence-corrected chi connectivity index (χ0v) is 8.44. The van der Waals surface area contributed by atoms with Gasteiger partial charge < -0.3 is 5.11 Å². The number of rotatable bonds is 6. The van der Waals surface area contributed by atoms with Crippen LogP contribution in [0.25, 0.3) is 0 Å². The predicted molar refractivity (Wildman–Crippen MR) is 49.9 cm³/mol. The van der Waals surface area contributed by atoms with Crippen LogP contribution in [0.1, 0.15) is 46.5 Å². The van der Waals surface area contributed by atoms with Gasteiger partial charge in [0.05, 0.1) is 6.61 Å². The molecule has 0 heterocycles.